The van der Waals surface area contributed by atoms with E-state index >= 15 is 0 Å². The minimum atomic E-state index is -0.0915. The van der Waals surface area contributed by atoms with Crippen LogP contribution in [0.25, 0.3) is 0 Å². The predicted octanol–water partition coefficient (Wildman–Crippen LogP) is 3.91. The summed E-state index contributed by atoms with van der Waals surface area (Å²) in [5.41, 5.74) is 4.75. The molecular weight excluding hydrogens is 338 g/mol. The summed E-state index contributed by atoms with van der Waals surface area (Å²) in [5, 5.41) is 4.44. The zero-order valence-corrected chi connectivity index (χ0v) is 17.1. The lowest BCUT2D eigenvalue weighted by atomic mass is 9.96. The van der Waals surface area contributed by atoms with E-state index < -0.39 is 0 Å². The summed E-state index contributed by atoms with van der Waals surface area (Å²) < 4.78 is 1.41. The van der Waals surface area contributed by atoms with Crippen molar-refractivity contribution in [3.63, 3.8) is 0 Å². The van der Waals surface area contributed by atoms with Crippen LogP contribution in [0, 0.1) is 0 Å². The summed E-state index contributed by atoms with van der Waals surface area (Å²) in [6, 6.07) is 7.95. The lowest BCUT2D eigenvalue weighted by Gasteiger charge is -2.16. The molecule has 6 nitrogen and oxygen atoms in total. The average Bonchev–Trinajstić information content (AvgIpc) is 2.91. The van der Waals surface area contributed by atoms with Gasteiger partial charge in [-0.1, -0.05) is 27.7 Å². The van der Waals surface area contributed by atoms with E-state index in [1.54, 1.807) is 0 Å². The van der Waals surface area contributed by atoms with Gasteiger partial charge in [0.1, 0.15) is 5.71 Å². The van der Waals surface area contributed by atoms with Crippen LogP contribution in [-0.2, 0) is 0 Å². The molecule has 142 valence electrons. The third kappa shape index (κ3) is 3.44. The van der Waals surface area contributed by atoms with E-state index in [1.807, 2.05) is 64.0 Å². The number of anilines is 1. The molecular formula is C21H27N5O. The average molecular weight is 365 g/mol. The fourth-order valence-corrected chi connectivity index (χ4v) is 3.21. The van der Waals surface area contributed by atoms with E-state index in [2.05, 4.69) is 18.9 Å². The van der Waals surface area contributed by atoms with Gasteiger partial charge in [-0.15, -0.1) is 0 Å². The van der Waals surface area contributed by atoms with Crippen molar-refractivity contribution in [3.8, 4) is 0 Å². The Kier molecular flexibility index (Phi) is 5.00. The maximum atomic E-state index is 13.0. The number of nitrogens with zero attached hydrogens (tertiary/aromatic N) is 5. The minimum Gasteiger partial charge on any atom is -0.378 e. The lowest BCUT2D eigenvalue weighted by molar-refractivity contribution is 0.685. The topological polar surface area (TPSA) is 62.9 Å². The van der Waals surface area contributed by atoms with Gasteiger partial charge in [0.15, 0.2) is 5.82 Å². The van der Waals surface area contributed by atoms with Gasteiger partial charge in [-0.25, -0.2) is 9.98 Å². The van der Waals surface area contributed by atoms with Gasteiger partial charge in [0.2, 0.25) is 0 Å². The smallest absolute Gasteiger partial charge is 0.278 e. The van der Waals surface area contributed by atoms with Crippen molar-refractivity contribution in [2.24, 2.45) is 10.1 Å². The highest BCUT2D eigenvalue weighted by molar-refractivity contribution is 6.48. The molecule has 0 saturated carbocycles. The Morgan fingerprint density at radius 1 is 1.04 bits per heavy atom. The number of hydrogen-bond donors (Lipinski definition) is 0. The highest BCUT2D eigenvalue weighted by atomic mass is 16.1. The molecule has 0 N–H and O–H groups in total. The second-order valence-corrected chi connectivity index (χ2v) is 7.72. The Balaban J connectivity index is 2.15. The number of hydrogen-bond acceptors (Lipinski definition) is 5. The number of aromatic nitrogens is 2. The first-order chi connectivity index (χ1) is 12.7. The summed E-state index contributed by atoms with van der Waals surface area (Å²) in [6.07, 6.45) is 0. The first-order valence-corrected chi connectivity index (χ1v) is 9.30. The Morgan fingerprint density at radius 3 is 2.19 bits per heavy atom. The minimum absolute atomic E-state index is 0.0915. The van der Waals surface area contributed by atoms with Crippen LogP contribution < -0.4 is 10.5 Å². The highest BCUT2D eigenvalue weighted by Crippen LogP contribution is 2.25. The largest absolute Gasteiger partial charge is 0.378 e. The number of rotatable bonds is 4. The van der Waals surface area contributed by atoms with Gasteiger partial charge in [-0.2, -0.15) is 9.78 Å². The van der Waals surface area contributed by atoms with E-state index in [0.717, 1.165) is 22.6 Å². The molecule has 0 saturated heterocycles. The lowest BCUT2D eigenvalue weighted by Crippen LogP contribution is -2.28. The maximum absolute atomic E-state index is 13.0. The predicted molar refractivity (Wildman–Crippen MR) is 112 cm³/mol. The van der Waals surface area contributed by atoms with Gasteiger partial charge in [-0.05, 0) is 43.0 Å². The van der Waals surface area contributed by atoms with Crippen LogP contribution >= 0.6 is 0 Å². The molecule has 0 amide bonds. The van der Waals surface area contributed by atoms with Crippen LogP contribution in [0.3, 0.4) is 0 Å². The highest BCUT2D eigenvalue weighted by Gasteiger charge is 2.28. The van der Waals surface area contributed by atoms with Crippen molar-refractivity contribution in [1.82, 2.24) is 9.66 Å². The van der Waals surface area contributed by atoms with Crippen molar-refractivity contribution in [3.05, 3.63) is 51.7 Å². The number of aliphatic imine (C=N–C) groups is 1. The molecule has 1 aromatic carbocycles. The molecule has 0 atom stereocenters. The Morgan fingerprint density at radius 2 is 1.67 bits per heavy atom. The number of benzene rings is 1. The van der Waals surface area contributed by atoms with Crippen molar-refractivity contribution in [2.45, 2.75) is 46.5 Å². The van der Waals surface area contributed by atoms with Crippen LogP contribution in [-0.4, -0.2) is 35.2 Å². The molecule has 0 unspecified atom stereocenters. The summed E-state index contributed by atoms with van der Waals surface area (Å²) >= 11 is 0. The maximum Gasteiger partial charge on any atom is 0.278 e. The van der Waals surface area contributed by atoms with Gasteiger partial charge in [0, 0.05) is 25.3 Å². The molecule has 0 bridgehead atoms. The van der Waals surface area contributed by atoms with E-state index in [-0.39, 0.29) is 17.4 Å². The fourth-order valence-electron chi connectivity index (χ4n) is 3.21. The molecule has 0 radical (unpaired) electrons. The zero-order chi connectivity index (χ0) is 19.9. The molecule has 1 aliphatic heterocycles. The van der Waals surface area contributed by atoms with Crippen LogP contribution in [0.4, 0.5) is 11.4 Å². The zero-order valence-electron chi connectivity index (χ0n) is 17.1. The molecule has 0 fully saturated rings. The van der Waals surface area contributed by atoms with Gasteiger partial charge in [0.05, 0.1) is 17.1 Å². The van der Waals surface area contributed by atoms with Crippen molar-refractivity contribution in [1.29, 1.82) is 0 Å². The number of fused-ring (bicyclic) bond motifs is 1. The Bertz CT molecular complexity index is 979. The third-order valence-corrected chi connectivity index (χ3v) is 4.66. The van der Waals surface area contributed by atoms with E-state index in [9.17, 15) is 4.79 Å². The normalized spacial score (nSPS) is 14.9. The second kappa shape index (κ2) is 7.10. The van der Waals surface area contributed by atoms with Crippen LogP contribution in [0.1, 0.15) is 63.5 Å². The van der Waals surface area contributed by atoms with Crippen molar-refractivity contribution >= 4 is 22.8 Å². The summed E-state index contributed by atoms with van der Waals surface area (Å²) in [6.45, 7) is 10.0. The molecule has 2 heterocycles. The van der Waals surface area contributed by atoms with E-state index in [0.29, 0.717) is 17.2 Å². The summed E-state index contributed by atoms with van der Waals surface area (Å²) in [4.78, 5) is 24.6. The SMILES string of the molecule is CC1=Nn2c(nc(C(C)C)c(C(C)C)c2=O)C1=Nc1ccc(N(C)C)cc1. The Labute approximate surface area is 160 Å². The molecule has 27 heavy (non-hydrogen) atoms. The van der Waals surface area contributed by atoms with E-state index in [4.69, 9.17) is 9.98 Å². The summed E-state index contributed by atoms with van der Waals surface area (Å²) in [7, 11) is 4.00. The molecule has 0 aliphatic carbocycles. The van der Waals surface area contributed by atoms with Gasteiger partial charge < -0.3 is 4.90 Å². The van der Waals surface area contributed by atoms with Gasteiger partial charge in [0.25, 0.3) is 5.56 Å². The monoisotopic (exact) mass is 365 g/mol. The summed E-state index contributed by atoms with van der Waals surface area (Å²) in [5.74, 6) is 0.778. The first-order valence-electron chi connectivity index (χ1n) is 9.30. The van der Waals surface area contributed by atoms with E-state index in [1.165, 1.54) is 4.68 Å². The van der Waals surface area contributed by atoms with Gasteiger partial charge >= 0.3 is 0 Å². The fraction of sp³-hybridized carbons (Fsp3) is 0.429. The molecule has 1 aromatic heterocycles. The molecule has 6 heteroatoms. The molecule has 0 spiro atoms. The second-order valence-electron chi connectivity index (χ2n) is 7.72. The van der Waals surface area contributed by atoms with Crippen LogP contribution in [0.15, 0.2) is 39.2 Å². The van der Waals surface area contributed by atoms with Crippen LogP contribution in [0.2, 0.25) is 0 Å². The van der Waals surface area contributed by atoms with Crippen molar-refractivity contribution < 1.29 is 0 Å². The standard InChI is InChI=1S/C21H27N5O/c1-12(2)17-18(13(3)4)23-20-19(14(5)24-26(20)21(17)27)22-15-8-10-16(11-9-15)25(6)7/h8-13H,1-7H3. The quantitative estimate of drug-likeness (QED) is 0.825. The first kappa shape index (κ1) is 19.0. The Hall–Kier alpha value is -2.76. The molecule has 1 aliphatic rings. The molecule has 3 rings (SSSR count). The van der Waals surface area contributed by atoms with Gasteiger partial charge in [-0.3, -0.25) is 4.79 Å². The molecule has 2 aromatic rings. The van der Waals surface area contributed by atoms with Crippen molar-refractivity contribution in [2.75, 3.05) is 19.0 Å². The van der Waals surface area contributed by atoms with Crippen LogP contribution in [0.5, 0.6) is 0 Å². The third-order valence-electron chi connectivity index (χ3n) is 4.66.